The molecule has 0 fully saturated rings. The van der Waals surface area contributed by atoms with Gasteiger partial charge in [0.15, 0.2) is 5.82 Å². The Balaban J connectivity index is 2.24. The number of H-pyrrole nitrogens is 1. The number of Topliss-reactive ketones (excluding diaryl/α,β-unsaturated/α-hetero) is 1. The van der Waals surface area contributed by atoms with Gasteiger partial charge in [0.2, 0.25) is 5.16 Å². The second-order valence-corrected chi connectivity index (χ2v) is 4.75. The van der Waals surface area contributed by atoms with Crippen LogP contribution in [0, 0.1) is 5.82 Å². The molecule has 0 bridgehead atoms. The van der Waals surface area contributed by atoms with E-state index in [-0.39, 0.29) is 17.1 Å². The number of hydrogen-bond acceptors (Lipinski definition) is 5. The van der Waals surface area contributed by atoms with Crippen molar-refractivity contribution in [1.29, 1.82) is 0 Å². The Kier molecular flexibility index (Phi) is 4.16. The topological polar surface area (TPSA) is 67.9 Å². The summed E-state index contributed by atoms with van der Waals surface area (Å²) in [5, 5.41) is 6.99. The molecule has 0 aliphatic rings. The van der Waals surface area contributed by atoms with Crippen LogP contribution in [0.2, 0.25) is 0 Å². The van der Waals surface area contributed by atoms with E-state index >= 15 is 0 Å². The second-order valence-electron chi connectivity index (χ2n) is 3.80. The van der Waals surface area contributed by atoms with Gasteiger partial charge in [-0.15, -0.1) is 5.10 Å². The van der Waals surface area contributed by atoms with Gasteiger partial charge in [-0.05, 0) is 25.1 Å². The molecule has 0 saturated carbocycles. The molecule has 1 N–H and O–H groups in total. The smallest absolute Gasteiger partial charge is 0.209 e. The summed E-state index contributed by atoms with van der Waals surface area (Å²) in [6.07, 6.45) is 0. The van der Waals surface area contributed by atoms with Crippen LogP contribution in [0.4, 0.5) is 4.39 Å². The van der Waals surface area contributed by atoms with E-state index in [0.29, 0.717) is 16.7 Å². The molecule has 0 aliphatic carbocycles. The average Bonchev–Trinajstić information content (AvgIpc) is 2.85. The Hall–Kier alpha value is -1.89. The second kappa shape index (κ2) is 5.83. The Morgan fingerprint density at radius 3 is 3.00 bits per heavy atom. The van der Waals surface area contributed by atoms with Crippen LogP contribution in [0.25, 0.3) is 11.4 Å². The number of carbonyl (C=O) groups excluding carboxylic acids is 1. The molecule has 7 heteroatoms. The molecule has 2 rings (SSSR count). The van der Waals surface area contributed by atoms with Crippen molar-refractivity contribution in [2.75, 3.05) is 12.9 Å². The number of aromatic amines is 1. The first kappa shape index (κ1) is 13.5. The maximum atomic E-state index is 13.7. The highest BCUT2D eigenvalue weighted by atomic mass is 32.2. The van der Waals surface area contributed by atoms with Crippen molar-refractivity contribution in [3.8, 4) is 17.1 Å². The number of benzene rings is 1. The van der Waals surface area contributed by atoms with Crippen molar-refractivity contribution in [3.63, 3.8) is 0 Å². The van der Waals surface area contributed by atoms with Gasteiger partial charge >= 0.3 is 0 Å². The van der Waals surface area contributed by atoms with Crippen molar-refractivity contribution < 1.29 is 13.9 Å². The monoisotopic (exact) mass is 281 g/mol. The molecule has 5 nitrogen and oxygen atoms in total. The first-order valence-corrected chi connectivity index (χ1v) is 6.47. The molecule has 19 heavy (non-hydrogen) atoms. The third kappa shape index (κ3) is 3.31. The van der Waals surface area contributed by atoms with Crippen molar-refractivity contribution in [2.45, 2.75) is 12.1 Å². The summed E-state index contributed by atoms with van der Waals surface area (Å²) in [6, 6.07) is 4.37. The molecule has 1 aromatic carbocycles. The molecule has 0 amide bonds. The number of carbonyl (C=O) groups is 1. The molecule has 1 heterocycles. The molecule has 0 spiro atoms. The number of nitrogens with one attached hydrogen (secondary N) is 1. The lowest BCUT2D eigenvalue weighted by Crippen LogP contribution is -1.93. The Morgan fingerprint density at radius 1 is 1.53 bits per heavy atom. The fraction of sp³-hybridized carbons (Fsp3) is 0.250. The number of ketones is 1. The lowest BCUT2D eigenvalue weighted by Gasteiger charge is -2.02. The van der Waals surface area contributed by atoms with E-state index in [1.165, 1.54) is 44.0 Å². The highest BCUT2D eigenvalue weighted by molar-refractivity contribution is 7.99. The largest absolute Gasteiger partial charge is 0.497 e. The van der Waals surface area contributed by atoms with E-state index in [0.717, 1.165) is 0 Å². The summed E-state index contributed by atoms with van der Waals surface area (Å²) in [7, 11) is 1.51. The van der Waals surface area contributed by atoms with Gasteiger partial charge in [-0.2, -0.15) is 0 Å². The van der Waals surface area contributed by atoms with E-state index in [1.807, 2.05) is 0 Å². The summed E-state index contributed by atoms with van der Waals surface area (Å²) >= 11 is 1.20. The SMILES string of the molecule is COc1ccc(F)c(-c2nc(SCC(C)=O)n[nH]2)c1. The normalized spacial score (nSPS) is 10.5. The number of thioether (sulfide) groups is 1. The minimum Gasteiger partial charge on any atom is -0.497 e. The van der Waals surface area contributed by atoms with Gasteiger partial charge in [0, 0.05) is 0 Å². The van der Waals surface area contributed by atoms with Gasteiger partial charge in [0.1, 0.15) is 17.3 Å². The summed E-state index contributed by atoms with van der Waals surface area (Å²) in [4.78, 5) is 15.0. The quantitative estimate of drug-likeness (QED) is 0.852. The number of halogens is 1. The average molecular weight is 281 g/mol. The third-order valence-corrected chi connectivity index (χ3v) is 3.29. The highest BCUT2D eigenvalue weighted by Crippen LogP contribution is 2.25. The minimum absolute atomic E-state index is 0.0314. The van der Waals surface area contributed by atoms with Crippen LogP contribution < -0.4 is 4.74 Å². The number of hydrogen-bond donors (Lipinski definition) is 1. The first-order chi connectivity index (χ1) is 9.10. The van der Waals surface area contributed by atoms with Gasteiger partial charge in [-0.3, -0.25) is 9.89 Å². The summed E-state index contributed by atoms with van der Waals surface area (Å²) in [6.45, 7) is 1.49. The van der Waals surface area contributed by atoms with E-state index in [9.17, 15) is 9.18 Å². The lowest BCUT2D eigenvalue weighted by molar-refractivity contribution is -0.114. The maximum Gasteiger partial charge on any atom is 0.209 e. The van der Waals surface area contributed by atoms with Crippen LogP contribution in [0.3, 0.4) is 0 Å². The minimum atomic E-state index is -0.417. The Labute approximate surface area is 113 Å². The van der Waals surface area contributed by atoms with Crippen molar-refractivity contribution in [1.82, 2.24) is 15.2 Å². The summed E-state index contributed by atoms with van der Waals surface area (Å²) in [5.74, 6) is 0.745. The summed E-state index contributed by atoms with van der Waals surface area (Å²) in [5.41, 5.74) is 0.279. The number of rotatable bonds is 5. The fourth-order valence-electron chi connectivity index (χ4n) is 1.41. The standard InChI is InChI=1S/C12H12FN3O2S/c1-7(17)6-19-12-14-11(15-16-12)9-5-8(18-2)3-4-10(9)13/h3-5H,6H2,1-2H3,(H,14,15,16). The van der Waals surface area contributed by atoms with Crippen LogP contribution in [-0.2, 0) is 4.79 Å². The zero-order chi connectivity index (χ0) is 13.8. The fourth-order valence-corrected chi connectivity index (χ4v) is 2.01. The van der Waals surface area contributed by atoms with Crippen molar-refractivity contribution in [2.24, 2.45) is 0 Å². The number of aromatic nitrogens is 3. The third-order valence-electron chi connectivity index (χ3n) is 2.30. The highest BCUT2D eigenvalue weighted by Gasteiger charge is 2.12. The predicted octanol–water partition coefficient (Wildman–Crippen LogP) is 2.30. The first-order valence-electron chi connectivity index (χ1n) is 5.48. The van der Waals surface area contributed by atoms with Crippen LogP contribution >= 0.6 is 11.8 Å². The molecule has 0 radical (unpaired) electrons. The maximum absolute atomic E-state index is 13.7. The van der Waals surface area contributed by atoms with Gasteiger partial charge < -0.3 is 4.74 Å². The van der Waals surface area contributed by atoms with Gasteiger partial charge in [0.05, 0.1) is 18.4 Å². The van der Waals surface area contributed by atoms with Crippen molar-refractivity contribution in [3.05, 3.63) is 24.0 Å². The van der Waals surface area contributed by atoms with Gasteiger partial charge in [-0.25, -0.2) is 9.37 Å². The van der Waals surface area contributed by atoms with E-state index in [4.69, 9.17) is 4.74 Å². The van der Waals surface area contributed by atoms with E-state index < -0.39 is 5.82 Å². The van der Waals surface area contributed by atoms with Crippen molar-refractivity contribution >= 4 is 17.5 Å². The molecular weight excluding hydrogens is 269 g/mol. The molecular formula is C12H12FN3O2S. The molecule has 100 valence electrons. The molecule has 0 unspecified atom stereocenters. The number of nitrogens with zero attached hydrogens (tertiary/aromatic N) is 2. The molecule has 1 aromatic heterocycles. The van der Waals surface area contributed by atoms with Crippen LogP contribution in [0.1, 0.15) is 6.92 Å². The molecule has 0 aliphatic heterocycles. The van der Waals surface area contributed by atoms with Crippen LogP contribution in [0.5, 0.6) is 5.75 Å². The number of ether oxygens (including phenoxy) is 1. The number of methoxy groups -OCH3 is 1. The Bertz CT molecular complexity index is 600. The van der Waals surface area contributed by atoms with E-state index in [1.54, 1.807) is 0 Å². The molecule has 2 aromatic rings. The lowest BCUT2D eigenvalue weighted by atomic mass is 10.2. The van der Waals surface area contributed by atoms with E-state index in [2.05, 4.69) is 15.2 Å². The molecule has 0 atom stereocenters. The van der Waals surface area contributed by atoms with Crippen LogP contribution in [0.15, 0.2) is 23.4 Å². The zero-order valence-electron chi connectivity index (χ0n) is 10.4. The zero-order valence-corrected chi connectivity index (χ0v) is 11.3. The summed E-state index contributed by atoms with van der Waals surface area (Å²) < 4.78 is 18.7. The van der Waals surface area contributed by atoms with Gasteiger partial charge in [0.25, 0.3) is 0 Å². The van der Waals surface area contributed by atoms with Gasteiger partial charge in [-0.1, -0.05) is 11.8 Å². The van der Waals surface area contributed by atoms with Crippen LogP contribution in [-0.4, -0.2) is 33.8 Å². The Morgan fingerprint density at radius 2 is 2.32 bits per heavy atom. The molecule has 0 saturated heterocycles. The predicted molar refractivity (Wildman–Crippen MR) is 69.7 cm³/mol.